The fourth-order valence-corrected chi connectivity index (χ4v) is 3.01. The minimum Gasteiger partial charge on any atom is -0.463 e. The Morgan fingerprint density at radius 2 is 2.15 bits per heavy atom. The summed E-state index contributed by atoms with van der Waals surface area (Å²) in [6, 6.07) is 5.24. The molecule has 0 spiro atoms. The summed E-state index contributed by atoms with van der Waals surface area (Å²) in [7, 11) is 0. The molecule has 0 radical (unpaired) electrons. The Balaban J connectivity index is 1.82. The van der Waals surface area contributed by atoms with Gasteiger partial charge in [0, 0.05) is 17.0 Å². The largest absolute Gasteiger partial charge is 0.463 e. The summed E-state index contributed by atoms with van der Waals surface area (Å²) in [5, 5.41) is 7.38. The lowest BCUT2D eigenvalue weighted by atomic mass is 9.96. The van der Waals surface area contributed by atoms with Gasteiger partial charge in [0.05, 0.1) is 12.0 Å². The summed E-state index contributed by atoms with van der Waals surface area (Å²) in [5.74, 6) is 1.09. The number of nitrogens with zero attached hydrogens (tertiary/aromatic N) is 3. The van der Waals surface area contributed by atoms with Gasteiger partial charge in [0.1, 0.15) is 11.5 Å². The molecule has 27 heavy (non-hydrogen) atoms. The van der Waals surface area contributed by atoms with Crippen molar-refractivity contribution in [1.82, 2.24) is 19.7 Å². The number of rotatable bonds is 3. The number of hydrogen-bond donors (Lipinski definition) is 2. The van der Waals surface area contributed by atoms with Gasteiger partial charge in [-0.05, 0) is 31.4 Å². The molecule has 140 valence electrons. The highest BCUT2D eigenvalue weighted by molar-refractivity contribution is 5.94. The van der Waals surface area contributed by atoms with Crippen LogP contribution >= 0.6 is 0 Å². The lowest BCUT2D eigenvalue weighted by molar-refractivity contribution is -0.123. The summed E-state index contributed by atoms with van der Waals surface area (Å²) in [5.41, 5.74) is 1.32. The van der Waals surface area contributed by atoms with E-state index in [4.69, 9.17) is 4.42 Å². The van der Waals surface area contributed by atoms with Crippen molar-refractivity contribution in [3.8, 4) is 17.4 Å². The first-order valence-corrected chi connectivity index (χ1v) is 8.91. The van der Waals surface area contributed by atoms with Gasteiger partial charge in [-0.2, -0.15) is 9.78 Å². The lowest BCUT2D eigenvalue weighted by Gasteiger charge is -2.18. The summed E-state index contributed by atoms with van der Waals surface area (Å²) in [6.07, 6.45) is 3.97. The van der Waals surface area contributed by atoms with E-state index in [0.717, 1.165) is 30.5 Å². The normalized spacial score (nSPS) is 13.6. The number of aromatic nitrogens is 4. The molecule has 0 aliphatic heterocycles. The van der Waals surface area contributed by atoms with Crippen LogP contribution in [0.1, 0.15) is 38.4 Å². The Kier molecular flexibility index (Phi) is 3.98. The Labute approximate surface area is 155 Å². The number of H-pyrrole nitrogens is 1. The molecule has 3 aromatic heterocycles. The smallest absolute Gasteiger partial charge is 0.255 e. The van der Waals surface area contributed by atoms with Crippen molar-refractivity contribution in [3.63, 3.8) is 0 Å². The molecule has 2 N–H and O–H groups in total. The van der Waals surface area contributed by atoms with Crippen molar-refractivity contribution >= 4 is 11.7 Å². The molecule has 4 rings (SSSR count). The van der Waals surface area contributed by atoms with Crippen LogP contribution in [0.5, 0.6) is 0 Å². The maximum absolute atomic E-state index is 12.5. The predicted octanol–water partition coefficient (Wildman–Crippen LogP) is 2.69. The van der Waals surface area contributed by atoms with Gasteiger partial charge in [-0.15, -0.1) is 0 Å². The summed E-state index contributed by atoms with van der Waals surface area (Å²) < 4.78 is 6.86. The number of aryl methyl sites for hydroxylation is 1. The van der Waals surface area contributed by atoms with Crippen LogP contribution in [0.3, 0.4) is 0 Å². The number of nitrogens with one attached hydrogen (secondary N) is 2. The topological polar surface area (TPSA) is 106 Å². The highest BCUT2D eigenvalue weighted by atomic mass is 16.3. The second-order valence-electron chi connectivity index (χ2n) is 7.68. The number of anilines is 1. The molecule has 3 aromatic rings. The highest BCUT2D eigenvalue weighted by Crippen LogP contribution is 2.26. The van der Waals surface area contributed by atoms with Crippen molar-refractivity contribution < 1.29 is 9.21 Å². The molecule has 1 aliphatic carbocycles. The fourth-order valence-electron chi connectivity index (χ4n) is 3.01. The van der Waals surface area contributed by atoms with Crippen LogP contribution in [0.15, 0.2) is 33.7 Å². The Hall–Kier alpha value is -3.16. The van der Waals surface area contributed by atoms with E-state index < -0.39 is 5.41 Å². The standard InChI is InChI=1S/C19H21N5O3/c1-19(2,3)17(26)21-15-10-13(14-8-5-9-27-14)23-24(15)18-20-12-7-4-6-11(12)16(25)22-18/h5,8-10H,4,6-7H2,1-3H3,(H,21,26)(H,20,22,25). The maximum atomic E-state index is 12.5. The monoisotopic (exact) mass is 367 g/mol. The summed E-state index contributed by atoms with van der Waals surface area (Å²) in [6.45, 7) is 5.48. The minimum absolute atomic E-state index is 0.157. The number of fused-ring (bicyclic) bond motifs is 1. The SMILES string of the molecule is CC(C)(C)C(=O)Nc1cc(-c2ccco2)nn1-c1nc2c(c(=O)[nH]1)CCC2. The summed E-state index contributed by atoms with van der Waals surface area (Å²) in [4.78, 5) is 32.2. The van der Waals surface area contributed by atoms with E-state index in [9.17, 15) is 9.59 Å². The van der Waals surface area contributed by atoms with E-state index >= 15 is 0 Å². The van der Waals surface area contributed by atoms with Crippen LogP contribution in [0.4, 0.5) is 5.82 Å². The highest BCUT2D eigenvalue weighted by Gasteiger charge is 2.25. The van der Waals surface area contributed by atoms with Gasteiger partial charge in [-0.3, -0.25) is 14.6 Å². The number of carbonyl (C=O) groups is 1. The van der Waals surface area contributed by atoms with Crippen molar-refractivity contribution in [3.05, 3.63) is 46.1 Å². The maximum Gasteiger partial charge on any atom is 0.255 e. The number of furan rings is 1. The van der Waals surface area contributed by atoms with Crippen LogP contribution in [-0.4, -0.2) is 25.7 Å². The van der Waals surface area contributed by atoms with Crippen LogP contribution in [-0.2, 0) is 17.6 Å². The quantitative estimate of drug-likeness (QED) is 0.740. The van der Waals surface area contributed by atoms with Crippen LogP contribution < -0.4 is 10.9 Å². The van der Waals surface area contributed by atoms with Gasteiger partial charge < -0.3 is 9.73 Å². The van der Waals surface area contributed by atoms with E-state index in [2.05, 4.69) is 20.4 Å². The molecule has 1 amide bonds. The third-order valence-electron chi connectivity index (χ3n) is 4.54. The molecule has 0 unspecified atom stereocenters. The molecule has 0 bridgehead atoms. The first-order valence-electron chi connectivity index (χ1n) is 8.91. The molecule has 8 nitrogen and oxygen atoms in total. The van der Waals surface area contributed by atoms with Gasteiger partial charge in [-0.25, -0.2) is 4.98 Å². The zero-order valence-corrected chi connectivity index (χ0v) is 15.5. The molecule has 0 aromatic carbocycles. The van der Waals surface area contributed by atoms with E-state index in [0.29, 0.717) is 17.3 Å². The average molecular weight is 367 g/mol. The lowest BCUT2D eigenvalue weighted by Crippen LogP contribution is -2.29. The van der Waals surface area contributed by atoms with E-state index in [1.165, 1.54) is 4.68 Å². The first-order chi connectivity index (χ1) is 12.8. The fraction of sp³-hybridized carbons (Fsp3) is 0.368. The van der Waals surface area contributed by atoms with Crippen molar-refractivity contribution in [2.45, 2.75) is 40.0 Å². The van der Waals surface area contributed by atoms with Crippen molar-refractivity contribution in [2.75, 3.05) is 5.32 Å². The van der Waals surface area contributed by atoms with Crippen LogP contribution in [0.25, 0.3) is 17.4 Å². The number of aromatic amines is 1. The second kappa shape index (κ2) is 6.22. The third kappa shape index (κ3) is 3.18. The van der Waals surface area contributed by atoms with E-state index in [1.807, 2.05) is 20.8 Å². The molecule has 0 saturated heterocycles. The van der Waals surface area contributed by atoms with Crippen LogP contribution in [0.2, 0.25) is 0 Å². The molecule has 0 atom stereocenters. The second-order valence-corrected chi connectivity index (χ2v) is 7.68. The van der Waals surface area contributed by atoms with Gasteiger partial charge in [0.25, 0.3) is 5.56 Å². The van der Waals surface area contributed by atoms with Gasteiger partial charge in [0.2, 0.25) is 11.9 Å². The van der Waals surface area contributed by atoms with Gasteiger partial charge in [0.15, 0.2) is 5.76 Å². The molecule has 0 fully saturated rings. The zero-order valence-electron chi connectivity index (χ0n) is 15.5. The summed E-state index contributed by atoms with van der Waals surface area (Å²) >= 11 is 0. The first kappa shape index (κ1) is 17.3. The average Bonchev–Trinajstić information content (AvgIpc) is 3.34. The van der Waals surface area contributed by atoms with E-state index in [-0.39, 0.29) is 17.4 Å². The molecular weight excluding hydrogens is 346 g/mol. The molecule has 1 aliphatic rings. The number of amides is 1. The van der Waals surface area contributed by atoms with Gasteiger partial charge in [-0.1, -0.05) is 20.8 Å². The Morgan fingerprint density at radius 3 is 2.85 bits per heavy atom. The molecular formula is C19H21N5O3. The minimum atomic E-state index is -0.585. The third-order valence-corrected chi connectivity index (χ3v) is 4.54. The Bertz CT molecular complexity index is 1050. The Morgan fingerprint density at radius 1 is 1.33 bits per heavy atom. The number of hydrogen-bond acceptors (Lipinski definition) is 5. The number of carbonyl (C=O) groups excluding carboxylic acids is 1. The van der Waals surface area contributed by atoms with Gasteiger partial charge >= 0.3 is 0 Å². The molecule has 8 heteroatoms. The van der Waals surface area contributed by atoms with E-state index in [1.54, 1.807) is 24.5 Å². The molecule has 3 heterocycles. The predicted molar refractivity (Wildman–Crippen MR) is 99.8 cm³/mol. The van der Waals surface area contributed by atoms with Crippen molar-refractivity contribution in [2.24, 2.45) is 5.41 Å². The molecule has 0 saturated carbocycles. The van der Waals surface area contributed by atoms with Crippen molar-refractivity contribution in [1.29, 1.82) is 0 Å². The van der Waals surface area contributed by atoms with Crippen LogP contribution in [0, 0.1) is 5.41 Å². The zero-order chi connectivity index (χ0) is 19.2.